The molecule has 6 heteroatoms. The van der Waals surface area contributed by atoms with Crippen molar-refractivity contribution in [3.63, 3.8) is 0 Å². The first-order valence-corrected chi connectivity index (χ1v) is 7.58. The average Bonchev–Trinajstić information content (AvgIpc) is 2.41. The normalized spacial score (nSPS) is 23.1. The molecule has 0 heterocycles. The van der Waals surface area contributed by atoms with Crippen LogP contribution < -0.4 is 0 Å². The van der Waals surface area contributed by atoms with Gasteiger partial charge in [-0.3, -0.25) is 4.79 Å². The molecule has 116 valence electrons. The lowest BCUT2D eigenvalue weighted by Crippen LogP contribution is -2.37. The Balaban J connectivity index is 2.14. The topological polar surface area (TPSA) is 17.1 Å². The van der Waals surface area contributed by atoms with E-state index in [2.05, 4.69) is 0 Å². The van der Waals surface area contributed by atoms with Gasteiger partial charge >= 0.3 is 6.18 Å². The number of halogens is 5. The molecule has 2 atom stereocenters. The molecule has 1 aliphatic carbocycles. The van der Waals surface area contributed by atoms with Gasteiger partial charge in [0.1, 0.15) is 5.78 Å². The molecule has 2 unspecified atom stereocenters. The van der Waals surface area contributed by atoms with Crippen molar-refractivity contribution in [3.05, 3.63) is 33.8 Å². The summed E-state index contributed by atoms with van der Waals surface area (Å²) in [6.45, 7) is 0. The highest BCUT2D eigenvalue weighted by molar-refractivity contribution is 6.35. The van der Waals surface area contributed by atoms with Crippen molar-refractivity contribution in [2.75, 3.05) is 0 Å². The number of carbonyl (C=O) groups is 1. The summed E-state index contributed by atoms with van der Waals surface area (Å²) in [5.41, 5.74) is 0.526. The molecule has 1 fully saturated rings. The Morgan fingerprint density at radius 2 is 1.86 bits per heavy atom. The summed E-state index contributed by atoms with van der Waals surface area (Å²) in [4.78, 5) is 12.3. The van der Waals surface area contributed by atoms with E-state index in [1.807, 2.05) is 0 Å². The zero-order valence-electron chi connectivity index (χ0n) is 11.2. The van der Waals surface area contributed by atoms with Gasteiger partial charge in [-0.1, -0.05) is 42.1 Å². The second-order valence-electron chi connectivity index (χ2n) is 5.42. The Morgan fingerprint density at radius 1 is 1.19 bits per heavy atom. The summed E-state index contributed by atoms with van der Waals surface area (Å²) in [6, 6.07) is 4.67. The van der Waals surface area contributed by atoms with Gasteiger partial charge in [0.2, 0.25) is 0 Å². The SMILES string of the molecule is O=C(Cc1ccc(Cl)cc1Cl)C1CCCCC1C(F)(F)F. The molecule has 1 aromatic carbocycles. The van der Waals surface area contributed by atoms with E-state index in [4.69, 9.17) is 23.2 Å². The van der Waals surface area contributed by atoms with E-state index in [9.17, 15) is 18.0 Å². The molecule has 1 aliphatic rings. The Kier molecular flexibility index (Phi) is 5.20. The predicted octanol–water partition coefficient (Wildman–Crippen LogP) is 5.47. The van der Waals surface area contributed by atoms with Crippen molar-refractivity contribution < 1.29 is 18.0 Å². The Morgan fingerprint density at radius 3 is 2.48 bits per heavy atom. The Hall–Kier alpha value is -0.740. The fourth-order valence-corrected chi connectivity index (χ4v) is 3.37. The van der Waals surface area contributed by atoms with Gasteiger partial charge < -0.3 is 0 Å². The van der Waals surface area contributed by atoms with Crippen LogP contribution in [0.2, 0.25) is 10.0 Å². The number of benzene rings is 1. The Bertz CT molecular complexity index is 528. The highest BCUT2D eigenvalue weighted by Crippen LogP contribution is 2.42. The van der Waals surface area contributed by atoms with Crippen LogP contribution in [0, 0.1) is 11.8 Å². The number of Topliss-reactive ketones (excluding diaryl/α,β-unsaturated/α-hetero) is 1. The monoisotopic (exact) mass is 338 g/mol. The van der Waals surface area contributed by atoms with Crippen LogP contribution in [0.4, 0.5) is 13.2 Å². The summed E-state index contributed by atoms with van der Waals surface area (Å²) in [7, 11) is 0. The van der Waals surface area contributed by atoms with E-state index < -0.39 is 18.0 Å². The Labute approximate surface area is 131 Å². The van der Waals surface area contributed by atoms with Crippen LogP contribution in [-0.2, 0) is 11.2 Å². The first-order valence-electron chi connectivity index (χ1n) is 6.82. The van der Waals surface area contributed by atoms with E-state index in [1.165, 1.54) is 6.07 Å². The van der Waals surface area contributed by atoms with Crippen molar-refractivity contribution in [1.82, 2.24) is 0 Å². The fraction of sp³-hybridized carbons (Fsp3) is 0.533. The van der Waals surface area contributed by atoms with Gasteiger partial charge in [0.15, 0.2) is 0 Å². The molecule has 0 aliphatic heterocycles. The van der Waals surface area contributed by atoms with E-state index >= 15 is 0 Å². The number of carbonyl (C=O) groups excluding carboxylic acids is 1. The first kappa shape index (κ1) is 16.6. The van der Waals surface area contributed by atoms with Gasteiger partial charge in [-0.15, -0.1) is 0 Å². The molecule has 21 heavy (non-hydrogen) atoms. The van der Waals surface area contributed by atoms with E-state index in [-0.39, 0.29) is 18.6 Å². The molecule has 0 spiro atoms. The quantitative estimate of drug-likeness (QED) is 0.713. The summed E-state index contributed by atoms with van der Waals surface area (Å²) in [5, 5.41) is 0.747. The van der Waals surface area contributed by atoms with E-state index in [1.54, 1.807) is 12.1 Å². The van der Waals surface area contributed by atoms with Crippen LogP contribution in [0.3, 0.4) is 0 Å². The van der Waals surface area contributed by atoms with Crippen molar-refractivity contribution in [2.24, 2.45) is 11.8 Å². The van der Waals surface area contributed by atoms with Gasteiger partial charge in [-0.2, -0.15) is 13.2 Å². The molecule has 0 radical (unpaired) electrons. The van der Waals surface area contributed by atoms with Gasteiger partial charge in [-0.25, -0.2) is 0 Å². The van der Waals surface area contributed by atoms with Gasteiger partial charge in [-0.05, 0) is 30.5 Å². The molecular weight excluding hydrogens is 324 g/mol. The minimum atomic E-state index is -4.31. The van der Waals surface area contributed by atoms with Crippen LogP contribution in [0.1, 0.15) is 31.2 Å². The van der Waals surface area contributed by atoms with Crippen LogP contribution in [0.25, 0.3) is 0 Å². The molecule has 1 saturated carbocycles. The van der Waals surface area contributed by atoms with Crippen molar-refractivity contribution in [1.29, 1.82) is 0 Å². The second-order valence-corrected chi connectivity index (χ2v) is 6.26. The summed E-state index contributed by atoms with van der Waals surface area (Å²) in [5.74, 6) is -2.86. The lowest BCUT2D eigenvalue weighted by Gasteiger charge is -2.32. The maximum Gasteiger partial charge on any atom is 0.392 e. The molecule has 1 aromatic rings. The molecule has 2 rings (SSSR count). The summed E-state index contributed by atoms with van der Waals surface area (Å²) >= 11 is 11.7. The van der Waals surface area contributed by atoms with Crippen molar-refractivity contribution >= 4 is 29.0 Å². The zero-order valence-corrected chi connectivity index (χ0v) is 12.7. The van der Waals surface area contributed by atoms with E-state index in [0.717, 1.165) is 0 Å². The first-order chi connectivity index (χ1) is 9.79. The number of rotatable bonds is 3. The number of hydrogen-bond donors (Lipinski definition) is 0. The summed E-state index contributed by atoms with van der Waals surface area (Å²) < 4.78 is 39.1. The molecule has 0 saturated heterocycles. The smallest absolute Gasteiger partial charge is 0.299 e. The summed E-state index contributed by atoms with van der Waals surface area (Å²) in [6.07, 6.45) is -2.87. The second kappa shape index (κ2) is 6.57. The third-order valence-electron chi connectivity index (χ3n) is 3.98. The molecule has 0 aromatic heterocycles. The number of hydrogen-bond acceptors (Lipinski definition) is 1. The standard InChI is InChI=1S/C15H15Cl2F3O/c16-10-6-5-9(13(17)8-10)7-14(21)11-3-1-2-4-12(11)15(18,19)20/h5-6,8,11-12H,1-4,7H2. The van der Waals surface area contributed by atoms with Crippen LogP contribution in [0.15, 0.2) is 18.2 Å². The lowest BCUT2D eigenvalue weighted by molar-refractivity contribution is -0.197. The predicted molar refractivity (Wildman–Crippen MR) is 76.7 cm³/mol. The van der Waals surface area contributed by atoms with Crippen LogP contribution in [-0.4, -0.2) is 12.0 Å². The largest absolute Gasteiger partial charge is 0.392 e. The number of ketones is 1. The van der Waals surface area contributed by atoms with Crippen LogP contribution >= 0.6 is 23.2 Å². The minimum Gasteiger partial charge on any atom is -0.299 e. The van der Waals surface area contributed by atoms with Crippen molar-refractivity contribution in [3.8, 4) is 0 Å². The highest BCUT2D eigenvalue weighted by atomic mass is 35.5. The third-order valence-corrected chi connectivity index (χ3v) is 4.57. The van der Waals surface area contributed by atoms with Gasteiger partial charge in [0.05, 0.1) is 5.92 Å². The third kappa shape index (κ3) is 4.13. The minimum absolute atomic E-state index is 0.0360. The highest BCUT2D eigenvalue weighted by Gasteiger charge is 2.47. The zero-order chi connectivity index (χ0) is 15.6. The fourth-order valence-electron chi connectivity index (χ4n) is 2.89. The maximum absolute atomic E-state index is 13.0. The van der Waals surface area contributed by atoms with Crippen molar-refractivity contribution in [2.45, 2.75) is 38.3 Å². The molecular formula is C15H15Cl2F3O. The van der Waals surface area contributed by atoms with Crippen LogP contribution in [0.5, 0.6) is 0 Å². The molecule has 0 N–H and O–H groups in total. The molecule has 1 nitrogen and oxygen atoms in total. The van der Waals surface area contributed by atoms with E-state index in [0.29, 0.717) is 34.9 Å². The molecule has 0 amide bonds. The lowest BCUT2D eigenvalue weighted by atomic mass is 9.75. The average molecular weight is 339 g/mol. The molecule has 0 bridgehead atoms. The van der Waals surface area contributed by atoms with Gasteiger partial charge in [0.25, 0.3) is 0 Å². The van der Waals surface area contributed by atoms with Gasteiger partial charge in [0, 0.05) is 22.4 Å². The number of alkyl halides is 3. The maximum atomic E-state index is 13.0.